The molecule has 61 heavy (non-hydrogen) atoms. The van der Waals surface area contributed by atoms with E-state index in [9.17, 15) is 53.3 Å². The number of rotatable bonds is 23. The van der Waals surface area contributed by atoms with E-state index >= 15 is 4.39 Å². The van der Waals surface area contributed by atoms with Crippen molar-refractivity contribution in [3.8, 4) is 11.1 Å². The molecular weight excluding hydrogens is 825 g/mol. The number of halogens is 2. The van der Waals surface area contributed by atoms with E-state index in [1.54, 1.807) is 16.8 Å². The highest BCUT2D eigenvalue weighted by Gasteiger charge is 2.38. The second-order valence-electron chi connectivity index (χ2n) is 15.1. The smallest absolute Gasteiger partial charge is 0.328 e. The lowest BCUT2D eigenvalue weighted by atomic mass is 9.82. The molecule has 0 aliphatic heterocycles. The third-order valence-electron chi connectivity index (χ3n) is 9.26. The van der Waals surface area contributed by atoms with Gasteiger partial charge in [0.25, 0.3) is 0 Å². The third-order valence-corrected chi connectivity index (χ3v) is 10.6. The molecule has 3 rings (SSSR count). The third kappa shape index (κ3) is 15.0. The van der Waals surface area contributed by atoms with Crippen LogP contribution >= 0.6 is 11.8 Å². The quantitative estimate of drug-likeness (QED) is 0.0640. The zero-order chi connectivity index (χ0) is 45.6. The molecular formula is C40H51F2N7O11S. The van der Waals surface area contributed by atoms with E-state index in [0.717, 1.165) is 23.8 Å². The summed E-state index contributed by atoms with van der Waals surface area (Å²) in [7, 11) is 0. The van der Waals surface area contributed by atoms with Crippen molar-refractivity contribution in [2.24, 2.45) is 16.9 Å². The molecule has 0 aliphatic rings. The number of carboxylic acids is 3. The summed E-state index contributed by atoms with van der Waals surface area (Å²) in [5, 5.41) is 43.4. The minimum atomic E-state index is -1.70. The van der Waals surface area contributed by atoms with E-state index in [0.29, 0.717) is 23.0 Å². The summed E-state index contributed by atoms with van der Waals surface area (Å²) in [6.07, 6.45) is 0.771. The van der Waals surface area contributed by atoms with Gasteiger partial charge in [0.1, 0.15) is 35.6 Å². The van der Waals surface area contributed by atoms with Crippen molar-refractivity contribution in [1.82, 2.24) is 25.4 Å². The van der Waals surface area contributed by atoms with E-state index in [1.165, 1.54) is 4.90 Å². The normalized spacial score (nSPS) is 13.8. The van der Waals surface area contributed by atoms with Gasteiger partial charge in [-0.1, -0.05) is 51.1 Å². The van der Waals surface area contributed by atoms with Crippen LogP contribution < -0.4 is 27.4 Å². The van der Waals surface area contributed by atoms with E-state index < -0.39 is 114 Å². The average Bonchev–Trinajstić information content (AvgIpc) is 3.60. The molecule has 5 atom stereocenters. The Kier molecular flexibility index (Phi) is 18.4. The number of aliphatic hydroxyl groups excluding tert-OH is 1. The van der Waals surface area contributed by atoms with Crippen LogP contribution in [0.1, 0.15) is 50.9 Å². The van der Waals surface area contributed by atoms with Crippen LogP contribution in [0.25, 0.3) is 11.1 Å². The molecule has 332 valence electrons. The van der Waals surface area contributed by atoms with Crippen molar-refractivity contribution < 1.29 is 62.8 Å². The number of hydrogen-bond acceptors (Lipinski definition) is 11. The number of aliphatic hydroxyl groups is 1. The Morgan fingerprint density at radius 3 is 2.13 bits per heavy atom. The fraction of sp³-hybridized carbons (Fsp3) is 0.425. The van der Waals surface area contributed by atoms with Gasteiger partial charge >= 0.3 is 17.9 Å². The lowest BCUT2D eigenvalue weighted by Crippen LogP contribution is -2.54. The van der Waals surface area contributed by atoms with Gasteiger partial charge in [0.05, 0.1) is 18.6 Å². The van der Waals surface area contributed by atoms with Gasteiger partial charge in [-0.25, -0.2) is 13.6 Å². The second-order valence-corrected chi connectivity index (χ2v) is 16.3. The molecule has 0 saturated carbocycles. The van der Waals surface area contributed by atoms with Crippen LogP contribution in [-0.2, 0) is 40.1 Å². The summed E-state index contributed by atoms with van der Waals surface area (Å²) in [6, 6.07) is 8.59. The lowest BCUT2D eigenvalue weighted by molar-refractivity contribution is -0.142. The second kappa shape index (κ2) is 22.6. The van der Waals surface area contributed by atoms with Crippen molar-refractivity contribution in [3.05, 3.63) is 83.7 Å². The van der Waals surface area contributed by atoms with Crippen molar-refractivity contribution in [2.75, 3.05) is 32.0 Å². The number of aliphatic carboxylic acids is 3. The van der Waals surface area contributed by atoms with Crippen molar-refractivity contribution in [3.63, 3.8) is 0 Å². The molecule has 0 bridgehead atoms. The maximum absolute atomic E-state index is 15.1. The van der Waals surface area contributed by atoms with E-state index in [2.05, 4.69) is 16.0 Å². The molecule has 1 heterocycles. The van der Waals surface area contributed by atoms with Crippen LogP contribution in [0.2, 0.25) is 0 Å². The van der Waals surface area contributed by atoms with Crippen LogP contribution in [0, 0.1) is 17.0 Å². The molecule has 21 heteroatoms. The first-order valence-electron chi connectivity index (χ1n) is 18.9. The lowest BCUT2D eigenvalue weighted by Gasteiger charge is -2.41. The molecule has 0 spiro atoms. The van der Waals surface area contributed by atoms with Gasteiger partial charge in [-0.05, 0) is 41.7 Å². The number of carbonyl (C=O) groups excluding carboxylic acids is 4. The molecule has 0 radical (unpaired) electrons. The van der Waals surface area contributed by atoms with Crippen molar-refractivity contribution in [1.29, 1.82) is 0 Å². The topological polar surface area (TPSA) is 297 Å². The Hall–Kier alpha value is -5.90. The monoisotopic (exact) mass is 875 g/mol. The fourth-order valence-electron chi connectivity index (χ4n) is 6.19. The zero-order valence-electron chi connectivity index (χ0n) is 33.7. The van der Waals surface area contributed by atoms with E-state index in [4.69, 9.17) is 16.6 Å². The molecule has 2 unspecified atom stereocenters. The number of benzene rings is 2. The Balaban J connectivity index is 1.73. The largest absolute Gasteiger partial charge is 0.480 e. The molecule has 2 aromatic carbocycles. The Morgan fingerprint density at radius 1 is 0.869 bits per heavy atom. The summed E-state index contributed by atoms with van der Waals surface area (Å²) in [5.74, 6) is -9.43. The molecule has 11 N–H and O–H groups in total. The predicted octanol–water partition coefficient (Wildman–Crippen LogP) is 0.897. The Labute approximate surface area is 354 Å². The van der Waals surface area contributed by atoms with Gasteiger partial charge in [-0.3, -0.25) is 28.8 Å². The van der Waals surface area contributed by atoms with Gasteiger partial charge in [-0.2, -0.15) is 0 Å². The van der Waals surface area contributed by atoms with Crippen LogP contribution in [0.4, 0.5) is 8.78 Å². The number of hydrogen-bond donors (Lipinski definition) is 9. The summed E-state index contributed by atoms with van der Waals surface area (Å²) in [5.41, 5.74) is 12.4. The summed E-state index contributed by atoms with van der Waals surface area (Å²) in [4.78, 5) is 87.1. The number of carbonyl (C=O) groups is 7. The van der Waals surface area contributed by atoms with Crippen molar-refractivity contribution in [2.45, 2.75) is 69.6 Å². The Morgan fingerprint density at radius 2 is 1.54 bits per heavy atom. The van der Waals surface area contributed by atoms with Gasteiger partial charge in [0.2, 0.25) is 23.6 Å². The molecule has 3 aromatic rings. The molecule has 4 amide bonds. The average molecular weight is 876 g/mol. The highest BCUT2D eigenvalue weighted by atomic mass is 32.2. The number of nitrogens with one attached hydrogen (secondary N) is 3. The molecule has 0 fully saturated rings. The van der Waals surface area contributed by atoms with Crippen LogP contribution in [0.15, 0.2) is 60.8 Å². The molecule has 0 saturated heterocycles. The maximum Gasteiger partial charge on any atom is 0.328 e. The first kappa shape index (κ1) is 49.5. The molecule has 1 aromatic heterocycles. The first-order valence-corrected chi connectivity index (χ1v) is 19.9. The number of carboxylic acid groups (broad SMARTS) is 3. The van der Waals surface area contributed by atoms with Crippen LogP contribution in [0.5, 0.6) is 0 Å². The van der Waals surface area contributed by atoms with E-state index in [1.807, 2.05) is 51.1 Å². The summed E-state index contributed by atoms with van der Waals surface area (Å²) >= 11 is 0.628. The van der Waals surface area contributed by atoms with Gasteiger partial charge in [0.15, 0.2) is 0 Å². The van der Waals surface area contributed by atoms with Gasteiger partial charge in [0, 0.05) is 54.8 Å². The SMILES string of the molecule is CC(C)(C)[C@H](c1cc(-c2cc(F)ccc2F)cn1Cc1ccccc1)N(CC[C@H](N)C(=O)NC(CNC(=O)CNC(=O)CC(SC[C@H](N)C(=O)O)C(=O)O)C(=O)O)C(=O)CO. The van der Waals surface area contributed by atoms with E-state index in [-0.39, 0.29) is 30.8 Å². The summed E-state index contributed by atoms with van der Waals surface area (Å²) < 4.78 is 31.2. The van der Waals surface area contributed by atoms with Crippen molar-refractivity contribution >= 4 is 53.3 Å². The molecule has 0 aliphatic carbocycles. The minimum Gasteiger partial charge on any atom is -0.480 e. The Bertz CT molecular complexity index is 2050. The number of amides is 4. The number of nitrogens with zero attached hydrogens (tertiary/aromatic N) is 2. The highest BCUT2D eigenvalue weighted by Crippen LogP contribution is 2.41. The fourth-order valence-corrected chi connectivity index (χ4v) is 7.19. The highest BCUT2D eigenvalue weighted by molar-refractivity contribution is 8.00. The zero-order valence-corrected chi connectivity index (χ0v) is 34.5. The van der Waals surface area contributed by atoms with Gasteiger partial charge < -0.3 is 57.3 Å². The van der Waals surface area contributed by atoms with Gasteiger partial charge in [-0.15, -0.1) is 11.8 Å². The molecule has 18 nitrogen and oxygen atoms in total. The van der Waals surface area contributed by atoms with Crippen LogP contribution in [0.3, 0.4) is 0 Å². The summed E-state index contributed by atoms with van der Waals surface area (Å²) in [6.45, 7) is 3.24. The number of thioether (sulfide) groups is 1. The van der Waals surface area contributed by atoms with Crippen LogP contribution in [-0.4, -0.2) is 127 Å². The first-order chi connectivity index (χ1) is 28.6. The maximum atomic E-state index is 15.1. The standard InChI is InChI=1S/C40H51F2N7O11S/c1-40(2,3)35(30-13-23(25-14-24(41)9-10-26(25)42)19-48(30)18-22-7-5-4-6-8-22)49(34(53)20-50)12-11-27(43)36(54)47-29(38(57)58)16-45-33(52)17-46-32(51)15-31(39(59)60)61-21-28(44)37(55)56/h4-10,13-14,19,27-29,31,35,50H,11-12,15-18,20-21,43-44H2,1-3H3,(H,45,52)(H,46,51)(H,47,54)(H,55,56)(H,57,58)(H,59,60)/t27-,28-,29?,31?,35-/m0/s1. The predicted molar refractivity (Wildman–Crippen MR) is 219 cm³/mol. The number of nitrogens with two attached hydrogens (primary N) is 2. The number of aromatic nitrogens is 1. The minimum absolute atomic E-state index is 0.0193.